The number of anilines is 2. The highest BCUT2D eigenvalue weighted by Crippen LogP contribution is 2.36. The zero-order valence-corrected chi connectivity index (χ0v) is 17.7. The van der Waals surface area contributed by atoms with Crippen molar-refractivity contribution < 1.29 is 23.7 Å². The van der Waals surface area contributed by atoms with E-state index in [0.717, 1.165) is 11.1 Å². The van der Waals surface area contributed by atoms with Crippen LogP contribution in [-0.4, -0.2) is 43.8 Å². The van der Waals surface area contributed by atoms with Gasteiger partial charge in [0.05, 0.1) is 7.11 Å². The molecule has 0 aliphatic heterocycles. The molecule has 1 aromatic heterocycles. The van der Waals surface area contributed by atoms with E-state index in [1.54, 1.807) is 50.5 Å². The second-order valence-corrected chi connectivity index (χ2v) is 6.69. The summed E-state index contributed by atoms with van der Waals surface area (Å²) in [6.45, 7) is 2.14. The molecule has 0 radical (unpaired) electrons. The maximum atomic E-state index is 14.6. The van der Waals surface area contributed by atoms with E-state index in [-0.39, 0.29) is 12.4 Å². The predicted octanol–water partition coefficient (Wildman–Crippen LogP) is 3.92. The average molecular weight is 427 g/mol. The fraction of sp³-hybridized carbons (Fsp3) is 0.261. The van der Waals surface area contributed by atoms with E-state index in [1.165, 1.54) is 13.2 Å². The lowest BCUT2D eigenvalue weighted by Crippen LogP contribution is -2.21. The molecule has 0 saturated carbocycles. The molecule has 1 unspecified atom stereocenters. The first-order valence-electron chi connectivity index (χ1n) is 9.80. The average Bonchev–Trinajstić information content (AvgIpc) is 2.78. The van der Waals surface area contributed by atoms with Gasteiger partial charge in [0, 0.05) is 42.2 Å². The second-order valence-electron chi connectivity index (χ2n) is 6.69. The Bertz CT molecular complexity index is 1050. The lowest BCUT2D eigenvalue weighted by atomic mass is 10.00. The topological polar surface area (TPSA) is 98.9 Å². The molecule has 0 fully saturated rings. The summed E-state index contributed by atoms with van der Waals surface area (Å²) in [5.41, 5.74) is 9.09. The Morgan fingerprint density at radius 1 is 1.10 bits per heavy atom. The van der Waals surface area contributed by atoms with E-state index in [2.05, 4.69) is 10.3 Å². The number of ether oxygens (including phenoxy) is 3. The molecule has 4 N–H and O–H groups in total. The van der Waals surface area contributed by atoms with Crippen LogP contribution in [0.3, 0.4) is 0 Å². The first-order valence-corrected chi connectivity index (χ1v) is 9.80. The summed E-state index contributed by atoms with van der Waals surface area (Å²) in [7, 11) is 3.25. The van der Waals surface area contributed by atoms with Gasteiger partial charge in [-0.2, -0.15) is 0 Å². The molecule has 0 saturated heterocycles. The van der Waals surface area contributed by atoms with Crippen molar-refractivity contribution in [1.29, 1.82) is 0 Å². The minimum absolute atomic E-state index is 0.0288. The van der Waals surface area contributed by atoms with Gasteiger partial charge in [-0.3, -0.25) is 0 Å². The third-order valence-electron chi connectivity index (χ3n) is 4.70. The number of hydrogen-bond acceptors (Lipinski definition) is 7. The first-order chi connectivity index (χ1) is 15.0. The fourth-order valence-corrected chi connectivity index (χ4v) is 3.11. The largest absolute Gasteiger partial charge is 0.493 e. The van der Waals surface area contributed by atoms with E-state index in [9.17, 15) is 9.50 Å². The fourth-order valence-electron chi connectivity index (χ4n) is 3.11. The van der Waals surface area contributed by atoms with Crippen LogP contribution in [0.5, 0.6) is 11.5 Å². The summed E-state index contributed by atoms with van der Waals surface area (Å²) in [5.74, 6) is 0.773. The number of nitrogens with zero attached hydrogens (tertiary/aromatic N) is 1. The van der Waals surface area contributed by atoms with Crippen molar-refractivity contribution in [1.82, 2.24) is 4.98 Å². The van der Waals surface area contributed by atoms with Crippen LogP contribution in [0.2, 0.25) is 0 Å². The second kappa shape index (κ2) is 10.1. The molecule has 3 rings (SSSR count). The number of aliphatic hydroxyl groups is 1. The lowest BCUT2D eigenvalue weighted by molar-refractivity contribution is -0.115. The quantitative estimate of drug-likeness (QED) is 0.445. The Balaban J connectivity index is 1.92. The summed E-state index contributed by atoms with van der Waals surface area (Å²) < 4.78 is 30.7. The van der Waals surface area contributed by atoms with Gasteiger partial charge in [-0.25, -0.2) is 9.37 Å². The first kappa shape index (κ1) is 22.3. The highest BCUT2D eigenvalue weighted by Gasteiger charge is 2.14. The zero-order valence-electron chi connectivity index (χ0n) is 17.7. The van der Waals surface area contributed by atoms with Crippen LogP contribution in [0, 0.1) is 5.82 Å². The third kappa shape index (κ3) is 5.22. The van der Waals surface area contributed by atoms with Crippen molar-refractivity contribution in [3.63, 3.8) is 0 Å². The number of benzene rings is 2. The molecule has 0 aliphatic carbocycles. The standard InChI is InChI=1S/C23H26FN3O4/c1-4-30-22(28)13-31-20-8-5-14(10-21(20)29-3)15-9-18(23(25)27-12-15)17-7-6-16(26-2)11-19(17)24/h5-12,22,26,28H,4,13H2,1-3H3,(H2,25,27). The maximum Gasteiger partial charge on any atom is 0.189 e. The highest BCUT2D eigenvalue weighted by atomic mass is 19.1. The van der Waals surface area contributed by atoms with E-state index in [0.29, 0.717) is 34.9 Å². The Hall–Kier alpha value is -3.36. The molecule has 3 aromatic rings. The van der Waals surface area contributed by atoms with Crippen molar-refractivity contribution >= 4 is 11.5 Å². The van der Waals surface area contributed by atoms with Crippen LogP contribution in [0.25, 0.3) is 22.3 Å². The van der Waals surface area contributed by atoms with Crippen molar-refractivity contribution in [2.75, 3.05) is 38.4 Å². The molecule has 31 heavy (non-hydrogen) atoms. The van der Waals surface area contributed by atoms with E-state index in [4.69, 9.17) is 19.9 Å². The van der Waals surface area contributed by atoms with Crippen molar-refractivity contribution in [3.05, 3.63) is 54.5 Å². The zero-order chi connectivity index (χ0) is 22.4. The summed E-state index contributed by atoms with van der Waals surface area (Å²) in [5, 5.41) is 12.6. The van der Waals surface area contributed by atoms with Gasteiger partial charge in [0.25, 0.3) is 0 Å². The summed E-state index contributed by atoms with van der Waals surface area (Å²) in [6, 6.07) is 12.0. The Morgan fingerprint density at radius 2 is 1.90 bits per heavy atom. The van der Waals surface area contributed by atoms with Gasteiger partial charge in [-0.15, -0.1) is 0 Å². The number of hydrogen-bond donors (Lipinski definition) is 3. The number of aromatic nitrogens is 1. The summed E-state index contributed by atoms with van der Waals surface area (Å²) in [6.07, 6.45) is 0.592. The van der Waals surface area contributed by atoms with Crippen LogP contribution in [0.15, 0.2) is 48.7 Å². The number of methoxy groups -OCH3 is 1. The maximum absolute atomic E-state index is 14.6. The number of nitrogens with two attached hydrogens (primary N) is 1. The molecule has 1 atom stereocenters. The number of rotatable bonds is 9. The normalized spacial score (nSPS) is 11.8. The van der Waals surface area contributed by atoms with Gasteiger partial charge in [-0.1, -0.05) is 6.07 Å². The summed E-state index contributed by atoms with van der Waals surface area (Å²) >= 11 is 0. The van der Waals surface area contributed by atoms with E-state index < -0.39 is 12.1 Å². The molecular formula is C23H26FN3O4. The monoisotopic (exact) mass is 427 g/mol. The van der Waals surface area contributed by atoms with Crippen molar-refractivity contribution in [2.24, 2.45) is 0 Å². The third-order valence-corrected chi connectivity index (χ3v) is 4.70. The van der Waals surface area contributed by atoms with Gasteiger partial charge in [0.2, 0.25) is 0 Å². The SMILES string of the molecule is CCOC(O)COc1ccc(-c2cnc(N)c(-c3ccc(NC)cc3F)c2)cc1OC. The Kier molecular flexibility index (Phi) is 7.28. The number of halogens is 1. The molecule has 8 heteroatoms. The van der Waals surface area contributed by atoms with Gasteiger partial charge in [0.1, 0.15) is 18.2 Å². The van der Waals surface area contributed by atoms with E-state index in [1.807, 2.05) is 6.07 Å². The molecule has 0 aliphatic rings. The molecule has 2 aromatic carbocycles. The number of nitrogens with one attached hydrogen (secondary N) is 1. The van der Waals surface area contributed by atoms with Crippen LogP contribution in [0.4, 0.5) is 15.9 Å². The van der Waals surface area contributed by atoms with E-state index >= 15 is 0 Å². The number of aliphatic hydroxyl groups excluding tert-OH is 1. The van der Waals surface area contributed by atoms with Crippen LogP contribution in [-0.2, 0) is 4.74 Å². The molecular weight excluding hydrogens is 401 g/mol. The Morgan fingerprint density at radius 3 is 2.58 bits per heavy atom. The molecule has 0 spiro atoms. The molecule has 7 nitrogen and oxygen atoms in total. The smallest absolute Gasteiger partial charge is 0.189 e. The van der Waals surface area contributed by atoms with Gasteiger partial charge >= 0.3 is 0 Å². The Labute approximate surface area is 180 Å². The highest BCUT2D eigenvalue weighted by molar-refractivity contribution is 5.80. The summed E-state index contributed by atoms with van der Waals surface area (Å²) in [4.78, 5) is 4.25. The number of pyridine rings is 1. The number of nitrogen functional groups attached to an aromatic ring is 1. The minimum Gasteiger partial charge on any atom is -0.493 e. The van der Waals surface area contributed by atoms with Crippen molar-refractivity contribution in [3.8, 4) is 33.8 Å². The van der Waals surface area contributed by atoms with Gasteiger partial charge in [0.15, 0.2) is 17.8 Å². The molecule has 0 bridgehead atoms. The predicted molar refractivity (Wildman–Crippen MR) is 119 cm³/mol. The minimum atomic E-state index is -1.03. The van der Waals surface area contributed by atoms with Crippen molar-refractivity contribution in [2.45, 2.75) is 13.2 Å². The molecule has 1 heterocycles. The lowest BCUT2D eigenvalue weighted by Gasteiger charge is -2.15. The van der Waals surface area contributed by atoms with Gasteiger partial charge in [-0.05, 0) is 48.9 Å². The van der Waals surface area contributed by atoms with Crippen LogP contribution in [0.1, 0.15) is 6.92 Å². The van der Waals surface area contributed by atoms with Gasteiger partial charge < -0.3 is 30.4 Å². The van der Waals surface area contributed by atoms with Crippen LogP contribution < -0.4 is 20.5 Å². The van der Waals surface area contributed by atoms with Crippen LogP contribution >= 0.6 is 0 Å². The molecule has 0 amide bonds. The molecule has 164 valence electrons.